The van der Waals surface area contributed by atoms with Gasteiger partial charge in [0.1, 0.15) is 0 Å². The molecule has 0 aromatic carbocycles. The Kier molecular flexibility index (Phi) is 9.83. The molecule has 0 aliphatic rings. The number of hydrogen-bond donors (Lipinski definition) is 0. The lowest BCUT2D eigenvalue weighted by molar-refractivity contribution is 0.256. The molecule has 19 heavy (non-hydrogen) atoms. The fourth-order valence-corrected chi connectivity index (χ4v) is 2.95. The molecular weight excluding hydrogens is 228 g/mol. The van der Waals surface area contributed by atoms with Crippen LogP contribution in [0.15, 0.2) is 0 Å². The monoisotopic (exact) mass is 268 g/mol. The Morgan fingerprint density at radius 1 is 0.421 bits per heavy atom. The molecule has 0 saturated heterocycles. The standard InChI is InChI=1S/C19H40/c1-14(2)9-10-16(5)17(6)11-12-18(7)19(8)13-15(3)4/h14-19H,9-13H2,1-8H3. The second kappa shape index (κ2) is 9.83. The van der Waals surface area contributed by atoms with Gasteiger partial charge in [-0.2, -0.15) is 0 Å². The summed E-state index contributed by atoms with van der Waals surface area (Å²) in [7, 11) is 0. The van der Waals surface area contributed by atoms with Crippen LogP contribution >= 0.6 is 0 Å². The van der Waals surface area contributed by atoms with Gasteiger partial charge in [-0.15, -0.1) is 0 Å². The summed E-state index contributed by atoms with van der Waals surface area (Å²) in [6, 6.07) is 0. The third kappa shape index (κ3) is 9.52. The van der Waals surface area contributed by atoms with Crippen LogP contribution in [0.3, 0.4) is 0 Å². The molecule has 0 amide bonds. The SMILES string of the molecule is CC(C)CCC(C)C(C)CCC(C)C(C)CC(C)C. The minimum atomic E-state index is 0.847. The Morgan fingerprint density at radius 3 is 1.16 bits per heavy atom. The number of hydrogen-bond acceptors (Lipinski definition) is 0. The lowest BCUT2D eigenvalue weighted by Gasteiger charge is -2.25. The van der Waals surface area contributed by atoms with E-state index < -0.39 is 0 Å². The van der Waals surface area contributed by atoms with Crippen LogP contribution in [0.5, 0.6) is 0 Å². The first-order chi connectivity index (χ1) is 8.73. The van der Waals surface area contributed by atoms with Crippen LogP contribution in [0.4, 0.5) is 0 Å². The highest BCUT2D eigenvalue weighted by molar-refractivity contribution is 4.68. The van der Waals surface area contributed by atoms with Gasteiger partial charge in [0, 0.05) is 0 Å². The molecule has 0 aliphatic heterocycles. The van der Waals surface area contributed by atoms with Gasteiger partial charge in [-0.3, -0.25) is 0 Å². The summed E-state index contributed by atoms with van der Waals surface area (Å²) in [4.78, 5) is 0. The van der Waals surface area contributed by atoms with E-state index in [0.29, 0.717) is 0 Å². The quantitative estimate of drug-likeness (QED) is 0.409. The van der Waals surface area contributed by atoms with Crippen LogP contribution in [-0.4, -0.2) is 0 Å². The Bertz CT molecular complexity index is 204. The molecule has 0 fully saturated rings. The molecule has 0 saturated carbocycles. The van der Waals surface area contributed by atoms with Crippen LogP contribution in [0.2, 0.25) is 0 Å². The molecule has 0 bridgehead atoms. The van der Waals surface area contributed by atoms with Gasteiger partial charge < -0.3 is 0 Å². The van der Waals surface area contributed by atoms with E-state index in [9.17, 15) is 0 Å². The van der Waals surface area contributed by atoms with Crippen molar-refractivity contribution in [3.05, 3.63) is 0 Å². The van der Waals surface area contributed by atoms with Crippen LogP contribution in [-0.2, 0) is 0 Å². The molecule has 0 N–H and O–H groups in total. The molecule has 0 nitrogen and oxygen atoms in total. The van der Waals surface area contributed by atoms with Crippen LogP contribution < -0.4 is 0 Å². The van der Waals surface area contributed by atoms with E-state index in [1.807, 2.05) is 0 Å². The fourth-order valence-electron chi connectivity index (χ4n) is 2.95. The zero-order valence-electron chi connectivity index (χ0n) is 15.0. The summed E-state index contributed by atoms with van der Waals surface area (Å²) in [6.45, 7) is 19.2. The van der Waals surface area contributed by atoms with Crippen molar-refractivity contribution in [2.24, 2.45) is 35.5 Å². The summed E-state index contributed by atoms with van der Waals surface area (Å²) >= 11 is 0. The normalized spacial score (nSPS) is 18.6. The van der Waals surface area contributed by atoms with Gasteiger partial charge in [-0.25, -0.2) is 0 Å². The Hall–Kier alpha value is 0. The van der Waals surface area contributed by atoms with Gasteiger partial charge in [-0.05, 0) is 41.9 Å². The summed E-state index contributed by atoms with van der Waals surface area (Å²) in [6.07, 6.45) is 7.03. The molecule has 116 valence electrons. The maximum Gasteiger partial charge on any atom is -0.0415 e. The minimum absolute atomic E-state index is 0.847. The first-order valence-electron chi connectivity index (χ1n) is 8.73. The Morgan fingerprint density at radius 2 is 0.789 bits per heavy atom. The van der Waals surface area contributed by atoms with Crippen molar-refractivity contribution in [1.29, 1.82) is 0 Å². The van der Waals surface area contributed by atoms with Gasteiger partial charge in [0.15, 0.2) is 0 Å². The maximum absolute atomic E-state index is 2.46. The van der Waals surface area contributed by atoms with E-state index in [1.165, 1.54) is 32.1 Å². The predicted octanol–water partition coefficient (Wildman–Crippen LogP) is 6.79. The molecule has 0 aromatic heterocycles. The largest absolute Gasteiger partial charge is 0.0628 e. The second-order valence-electron chi connectivity index (χ2n) is 8.09. The van der Waals surface area contributed by atoms with Crippen molar-refractivity contribution in [1.82, 2.24) is 0 Å². The van der Waals surface area contributed by atoms with Gasteiger partial charge in [0.05, 0.1) is 0 Å². The third-order valence-corrected chi connectivity index (χ3v) is 5.06. The molecule has 4 atom stereocenters. The zero-order chi connectivity index (χ0) is 15.0. The molecule has 0 heteroatoms. The zero-order valence-corrected chi connectivity index (χ0v) is 15.0. The molecule has 0 aromatic rings. The van der Waals surface area contributed by atoms with E-state index in [4.69, 9.17) is 0 Å². The minimum Gasteiger partial charge on any atom is -0.0628 e. The Balaban J connectivity index is 3.90. The van der Waals surface area contributed by atoms with Crippen molar-refractivity contribution < 1.29 is 0 Å². The first-order valence-corrected chi connectivity index (χ1v) is 8.73. The molecule has 0 heterocycles. The molecular formula is C19H40. The van der Waals surface area contributed by atoms with Gasteiger partial charge in [0.25, 0.3) is 0 Å². The highest BCUT2D eigenvalue weighted by atomic mass is 14.2. The number of rotatable bonds is 10. The second-order valence-corrected chi connectivity index (χ2v) is 8.09. The van der Waals surface area contributed by atoms with Crippen molar-refractivity contribution in [3.8, 4) is 0 Å². The molecule has 0 spiro atoms. The predicted molar refractivity (Wildman–Crippen MR) is 89.4 cm³/mol. The lowest BCUT2D eigenvalue weighted by Crippen LogP contribution is -2.15. The summed E-state index contributed by atoms with van der Waals surface area (Å²) in [5.74, 6) is 5.28. The van der Waals surface area contributed by atoms with E-state index in [2.05, 4.69) is 55.4 Å². The Labute approximate surface area is 123 Å². The van der Waals surface area contributed by atoms with E-state index >= 15 is 0 Å². The van der Waals surface area contributed by atoms with Crippen molar-refractivity contribution in [2.75, 3.05) is 0 Å². The van der Waals surface area contributed by atoms with Gasteiger partial charge in [-0.1, -0.05) is 81.1 Å². The third-order valence-electron chi connectivity index (χ3n) is 5.06. The van der Waals surface area contributed by atoms with E-state index in [1.54, 1.807) is 0 Å². The molecule has 0 rings (SSSR count). The lowest BCUT2D eigenvalue weighted by atomic mass is 9.80. The molecule has 0 radical (unpaired) electrons. The summed E-state index contributed by atoms with van der Waals surface area (Å²) in [5.41, 5.74) is 0. The summed E-state index contributed by atoms with van der Waals surface area (Å²) in [5, 5.41) is 0. The van der Waals surface area contributed by atoms with Crippen molar-refractivity contribution in [2.45, 2.75) is 87.5 Å². The van der Waals surface area contributed by atoms with Crippen LogP contribution in [0.25, 0.3) is 0 Å². The smallest absolute Gasteiger partial charge is 0.0415 e. The average Bonchev–Trinajstić information content (AvgIpc) is 2.31. The topological polar surface area (TPSA) is 0 Å². The van der Waals surface area contributed by atoms with Crippen LogP contribution in [0.1, 0.15) is 87.5 Å². The highest BCUT2D eigenvalue weighted by Gasteiger charge is 2.17. The van der Waals surface area contributed by atoms with E-state index in [-0.39, 0.29) is 0 Å². The molecule has 4 unspecified atom stereocenters. The molecule has 0 aliphatic carbocycles. The maximum atomic E-state index is 2.46. The van der Waals surface area contributed by atoms with Crippen molar-refractivity contribution >= 4 is 0 Å². The van der Waals surface area contributed by atoms with Crippen molar-refractivity contribution in [3.63, 3.8) is 0 Å². The van der Waals surface area contributed by atoms with Gasteiger partial charge in [0.2, 0.25) is 0 Å². The average molecular weight is 269 g/mol. The van der Waals surface area contributed by atoms with Crippen LogP contribution in [0, 0.1) is 35.5 Å². The van der Waals surface area contributed by atoms with E-state index in [0.717, 1.165) is 35.5 Å². The highest BCUT2D eigenvalue weighted by Crippen LogP contribution is 2.29. The van der Waals surface area contributed by atoms with Gasteiger partial charge >= 0.3 is 0 Å². The summed E-state index contributed by atoms with van der Waals surface area (Å²) < 4.78 is 0. The fraction of sp³-hybridized carbons (Fsp3) is 1.00. The first kappa shape index (κ1) is 19.0.